The third kappa shape index (κ3) is 3.26. The molecule has 2 nitrogen and oxygen atoms in total. The number of unbranched alkanes of at least 4 members (excludes halogenated alkanes) is 1. The van der Waals surface area contributed by atoms with Crippen LogP contribution in [-0.4, -0.2) is 40.5 Å². The summed E-state index contributed by atoms with van der Waals surface area (Å²) in [6, 6.07) is 3.04. The molecule has 0 N–H and O–H groups in total. The fourth-order valence-electron chi connectivity index (χ4n) is 2.78. The van der Waals surface area contributed by atoms with Crippen molar-refractivity contribution in [3.63, 3.8) is 0 Å². The lowest BCUT2D eigenvalue weighted by Crippen LogP contribution is -2.55. The van der Waals surface area contributed by atoms with E-state index in [-0.39, 0.29) is 0 Å². The van der Waals surface area contributed by atoms with Crippen molar-refractivity contribution < 1.29 is 0 Å². The summed E-state index contributed by atoms with van der Waals surface area (Å²) in [6.45, 7) is 11.5. The van der Waals surface area contributed by atoms with Crippen LogP contribution < -0.4 is 0 Å². The van der Waals surface area contributed by atoms with Crippen LogP contribution in [0.4, 0.5) is 0 Å². The maximum Gasteiger partial charge on any atom is 0.115 e. The van der Waals surface area contributed by atoms with Gasteiger partial charge in [0.1, 0.15) is 16.5 Å². The number of aliphatic imine (C=N–C) groups is 1. The lowest BCUT2D eigenvalue weighted by atomic mass is 10.3. The summed E-state index contributed by atoms with van der Waals surface area (Å²) in [5.41, 5.74) is 0. The van der Waals surface area contributed by atoms with Crippen molar-refractivity contribution in [2.45, 2.75) is 51.1 Å². The third-order valence-electron chi connectivity index (χ3n) is 3.71. The van der Waals surface area contributed by atoms with E-state index < -0.39 is 16.5 Å². The van der Waals surface area contributed by atoms with Crippen molar-refractivity contribution in [3.05, 3.63) is 0 Å². The van der Waals surface area contributed by atoms with Gasteiger partial charge in [0, 0.05) is 7.05 Å². The lowest BCUT2D eigenvalue weighted by Gasteiger charge is -2.38. The quantitative estimate of drug-likeness (QED) is 0.420. The minimum absolute atomic E-state index is 1.01. The van der Waals surface area contributed by atoms with Gasteiger partial charge in [-0.05, 0) is 37.7 Å². The monoisotopic (exact) mass is 242 g/mol. The zero-order valence-electron chi connectivity index (χ0n) is 11.0. The predicted molar refractivity (Wildman–Crippen MR) is 74.9 cm³/mol. The molecule has 0 bridgehead atoms. The number of hydrogen-bond acceptors (Lipinski definition) is 2. The average molecular weight is 243 g/mol. The van der Waals surface area contributed by atoms with Crippen LogP contribution in [0.25, 0.3) is 0 Å². The maximum atomic E-state index is 4.05. The molecule has 0 aromatic rings. The van der Waals surface area contributed by atoms with Crippen LogP contribution >= 0.6 is 0 Å². The molecule has 0 spiro atoms. The average Bonchev–Trinajstić information content (AvgIpc) is 2.33. The molecule has 0 atom stereocenters. The van der Waals surface area contributed by atoms with Gasteiger partial charge in [-0.3, -0.25) is 0 Å². The van der Waals surface area contributed by atoms with Crippen molar-refractivity contribution in [2.75, 3.05) is 13.6 Å². The molecule has 0 unspecified atom stereocenters. The fourth-order valence-corrected chi connectivity index (χ4v) is 17.0. The maximum absolute atomic E-state index is 4.05. The Labute approximate surface area is 97.0 Å². The second kappa shape index (κ2) is 4.93. The summed E-state index contributed by atoms with van der Waals surface area (Å²) in [6.07, 6.45) is 4.51. The Balaban J connectivity index is 2.50. The Kier molecular flexibility index (Phi) is 4.32. The number of hydrogen-bond donors (Lipinski definition) is 0. The highest BCUT2D eigenvalue weighted by molar-refractivity contribution is 6.95. The van der Waals surface area contributed by atoms with Gasteiger partial charge in [0.15, 0.2) is 0 Å². The van der Waals surface area contributed by atoms with Gasteiger partial charge in [-0.25, -0.2) is 0 Å². The van der Waals surface area contributed by atoms with Crippen molar-refractivity contribution in [1.82, 2.24) is 4.23 Å². The highest BCUT2D eigenvalue weighted by Crippen LogP contribution is 2.36. The summed E-state index contributed by atoms with van der Waals surface area (Å²) < 4.78 is 2.95. The highest BCUT2D eigenvalue weighted by atomic mass is 28.4. The Morgan fingerprint density at radius 1 is 1.13 bits per heavy atom. The van der Waals surface area contributed by atoms with Gasteiger partial charge in [0.2, 0.25) is 0 Å². The fraction of sp³-hybridized carbons (Fsp3) is 0.909. The molecule has 1 fully saturated rings. The van der Waals surface area contributed by atoms with E-state index >= 15 is 0 Å². The van der Waals surface area contributed by atoms with E-state index in [1.54, 1.807) is 0 Å². The number of rotatable bonds is 4. The first kappa shape index (κ1) is 13.1. The van der Waals surface area contributed by atoms with Crippen molar-refractivity contribution in [1.29, 1.82) is 0 Å². The van der Waals surface area contributed by atoms with Crippen LogP contribution in [0.3, 0.4) is 0 Å². The van der Waals surface area contributed by atoms with Gasteiger partial charge < -0.3 is 9.22 Å². The molecule has 1 rings (SSSR count). The molecule has 1 heterocycles. The minimum Gasteiger partial charge on any atom is -0.345 e. The molecule has 1 aliphatic rings. The van der Waals surface area contributed by atoms with Crippen LogP contribution in [-0.2, 0) is 0 Å². The standard InChI is InChI=1S/C11H26N2Si2/c1-12-8-6-7-9-13-14(2,3)10-11-15(13,4)5/h8H,6-7,9-11H2,1-5H3. The lowest BCUT2D eigenvalue weighted by molar-refractivity contribution is 0.601. The molecular weight excluding hydrogens is 216 g/mol. The van der Waals surface area contributed by atoms with Crippen LogP contribution in [0.15, 0.2) is 4.99 Å². The molecule has 1 aliphatic heterocycles. The van der Waals surface area contributed by atoms with Gasteiger partial charge in [0.05, 0.1) is 0 Å². The van der Waals surface area contributed by atoms with Gasteiger partial charge in [-0.15, -0.1) is 0 Å². The summed E-state index contributed by atoms with van der Waals surface area (Å²) in [7, 11) is -0.161. The Hall–Kier alpha value is 0.0638. The predicted octanol–water partition coefficient (Wildman–Crippen LogP) is 3.19. The zero-order valence-corrected chi connectivity index (χ0v) is 13.0. The van der Waals surface area contributed by atoms with E-state index in [4.69, 9.17) is 0 Å². The van der Waals surface area contributed by atoms with Crippen LogP contribution in [0, 0.1) is 0 Å². The van der Waals surface area contributed by atoms with Crippen LogP contribution in [0.5, 0.6) is 0 Å². The second-order valence-corrected chi connectivity index (χ2v) is 15.6. The highest BCUT2D eigenvalue weighted by Gasteiger charge is 2.46. The SMILES string of the molecule is CN=CCCCN1[Si](C)(C)CC[Si]1(C)C. The first-order chi connectivity index (χ1) is 6.90. The first-order valence-corrected chi connectivity index (χ1v) is 12.4. The van der Waals surface area contributed by atoms with Crippen molar-refractivity contribution >= 4 is 22.7 Å². The molecule has 0 radical (unpaired) electrons. The summed E-state index contributed by atoms with van der Waals surface area (Å²) in [5.74, 6) is 0. The normalized spacial score (nSPS) is 25.1. The molecule has 0 aromatic heterocycles. The van der Waals surface area contributed by atoms with E-state index in [1.165, 1.54) is 25.1 Å². The molecule has 0 aromatic carbocycles. The van der Waals surface area contributed by atoms with E-state index in [9.17, 15) is 0 Å². The topological polar surface area (TPSA) is 15.6 Å². The van der Waals surface area contributed by atoms with Crippen LogP contribution in [0.1, 0.15) is 12.8 Å². The molecule has 15 heavy (non-hydrogen) atoms. The molecule has 0 amide bonds. The van der Waals surface area contributed by atoms with E-state index in [1.807, 2.05) is 7.05 Å². The Morgan fingerprint density at radius 2 is 1.67 bits per heavy atom. The molecule has 88 valence electrons. The van der Waals surface area contributed by atoms with Crippen molar-refractivity contribution in [2.24, 2.45) is 4.99 Å². The largest absolute Gasteiger partial charge is 0.345 e. The molecule has 1 saturated heterocycles. The molecule has 0 saturated carbocycles. The van der Waals surface area contributed by atoms with Crippen LogP contribution in [0.2, 0.25) is 38.3 Å². The van der Waals surface area contributed by atoms with Gasteiger partial charge in [-0.2, -0.15) is 0 Å². The minimum atomic E-state index is -1.01. The molecule has 4 heteroatoms. The molecule has 0 aliphatic carbocycles. The second-order valence-electron chi connectivity index (χ2n) is 5.86. The van der Waals surface area contributed by atoms with Crippen molar-refractivity contribution in [3.8, 4) is 0 Å². The number of nitrogens with zero attached hydrogens (tertiary/aromatic N) is 2. The van der Waals surface area contributed by atoms with E-state index in [0.717, 1.165) is 6.42 Å². The zero-order chi connectivity index (χ0) is 11.5. The smallest absolute Gasteiger partial charge is 0.115 e. The summed E-state index contributed by atoms with van der Waals surface area (Å²) >= 11 is 0. The van der Waals surface area contributed by atoms with E-state index in [2.05, 4.69) is 41.6 Å². The first-order valence-electron chi connectivity index (χ1n) is 6.08. The Morgan fingerprint density at radius 3 is 2.13 bits per heavy atom. The molecular formula is C11H26N2Si2. The van der Waals surface area contributed by atoms with Gasteiger partial charge >= 0.3 is 0 Å². The summed E-state index contributed by atoms with van der Waals surface area (Å²) in [4.78, 5) is 4.05. The Bertz CT molecular complexity index is 221. The summed E-state index contributed by atoms with van der Waals surface area (Å²) in [5, 5.41) is 0. The van der Waals surface area contributed by atoms with E-state index in [0.29, 0.717) is 0 Å². The van der Waals surface area contributed by atoms with Gasteiger partial charge in [-0.1, -0.05) is 26.2 Å². The van der Waals surface area contributed by atoms with Gasteiger partial charge in [0.25, 0.3) is 0 Å². The third-order valence-corrected chi connectivity index (χ3v) is 14.2.